The lowest BCUT2D eigenvalue weighted by Crippen LogP contribution is -2.46. The number of piperidine rings is 1. The fourth-order valence-electron chi connectivity index (χ4n) is 5.80. The highest BCUT2D eigenvalue weighted by atomic mass is 35.5. The number of rotatable bonds is 6. The number of fused-ring (bicyclic) bond motifs is 2. The minimum absolute atomic E-state index is 0.0544. The maximum absolute atomic E-state index is 15.1. The highest BCUT2D eigenvalue weighted by Gasteiger charge is 2.43. The molecule has 3 fully saturated rings. The molecule has 39 heavy (non-hydrogen) atoms. The first kappa shape index (κ1) is 28.1. The molecular formula is C29H31ClF5NO3. The van der Waals surface area contributed by atoms with Gasteiger partial charge in [-0.25, -0.2) is 13.6 Å². The number of carbonyl (C=O) groups is 1. The average Bonchev–Trinajstić information content (AvgIpc) is 3.62. The lowest BCUT2D eigenvalue weighted by Gasteiger charge is -2.39. The van der Waals surface area contributed by atoms with Crippen molar-refractivity contribution < 1.29 is 36.2 Å². The molecule has 2 aromatic rings. The van der Waals surface area contributed by atoms with Crippen LogP contribution in [0.1, 0.15) is 92.3 Å². The highest BCUT2D eigenvalue weighted by molar-refractivity contribution is 6.31. The molecule has 1 aliphatic carbocycles. The van der Waals surface area contributed by atoms with E-state index < -0.39 is 51.8 Å². The Morgan fingerprint density at radius 2 is 1.64 bits per heavy atom. The number of nitrogens with zero attached hydrogens (tertiary/aromatic N) is 1. The Balaban J connectivity index is 1.32. The third-order valence-corrected chi connectivity index (χ3v) is 7.95. The van der Waals surface area contributed by atoms with E-state index in [0.29, 0.717) is 31.5 Å². The maximum atomic E-state index is 15.1. The number of halogens is 6. The zero-order valence-electron chi connectivity index (χ0n) is 22.0. The number of carbonyl (C=O) groups excluding carboxylic acids is 1. The van der Waals surface area contributed by atoms with Gasteiger partial charge in [-0.3, -0.25) is 4.90 Å². The highest BCUT2D eigenvalue weighted by Crippen LogP contribution is 2.45. The Hall–Kier alpha value is -2.39. The van der Waals surface area contributed by atoms with Crippen LogP contribution in [0.25, 0.3) is 0 Å². The summed E-state index contributed by atoms with van der Waals surface area (Å²) in [6.07, 6.45) is -0.489. The van der Waals surface area contributed by atoms with Crippen LogP contribution in [0.15, 0.2) is 24.3 Å². The van der Waals surface area contributed by atoms with Gasteiger partial charge in [-0.05, 0) is 101 Å². The van der Waals surface area contributed by atoms with Crippen LogP contribution in [-0.4, -0.2) is 34.7 Å². The summed E-state index contributed by atoms with van der Waals surface area (Å²) in [5.41, 5.74) is -0.0817. The molecule has 1 saturated carbocycles. The van der Waals surface area contributed by atoms with Crippen molar-refractivity contribution in [1.29, 1.82) is 0 Å². The van der Waals surface area contributed by atoms with Crippen LogP contribution < -0.4 is 4.74 Å². The summed E-state index contributed by atoms with van der Waals surface area (Å²) in [7, 11) is 0. The van der Waals surface area contributed by atoms with Gasteiger partial charge < -0.3 is 9.47 Å². The molecule has 0 radical (unpaired) electrons. The minimum Gasteiger partial charge on any atom is -0.487 e. The van der Waals surface area contributed by atoms with Crippen LogP contribution in [0.4, 0.5) is 22.0 Å². The molecule has 2 aliphatic heterocycles. The van der Waals surface area contributed by atoms with Gasteiger partial charge in [0.05, 0.1) is 16.1 Å². The predicted molar refractivity (Wildman–Crippen MR) is 136 cm³/mol. The van der Waals surface area contributed by atoms with E-state index >= 15 is 4.39 Å². The first-order valence-electron chi connectivity index (χ1n) is 13.2. The van der Waals surface area contributed by atoms with Crippen molar-refractivity contribution in [3.05, 3.63) is 63.2 Å². The summed E-state index contributed by atoms with van der Waals surface area (Å²) >= 11 is 5.72. The van der Waals surface area contributed by atoms with Crippen molar-refractivity contribution in [3.63, 3.8) is 0 Å². The van der Waals surface area contributed by atoms with Crippen LogP contribution in [0.3, 0.4) is 0 Å². The van der Waals surface area contributed by atoms with Crippen molar-refractivity contribution in [2.45, 2.75) is 102 Å². The molecular weight excluding hydrogens is 541 g/mol. The van der Waals surface area contributed by atoms with Crippen LogP contribution in [-0.2, 0) is 17.5 Å². The second-order valence-electron chi connectivity index (χ2n) is 11.8. The number of ether oxygens (including phenoxy) is 2. The zero-order chi connectivity index (χ0) is 28.3. The predicted octanol–water partition coefficient (Wildman–Crippen LogP) is 8.04. The van der Waals surface area contributed by atoms with E-state index in [4.69, 9.17) is 21.1 Å². The fraction of sp³-hybridized carbons (Fsp3) is 0.552. The molecule has 0 N–H and O–H groups in total. The average molecular weight is 572 g/mol. The van der Waals surface area contributed by atoms with E-state index in [1.165, 1.54) is 6.07 Å². The van der Waals surface area contributed by atoms with E-state index in [9.17, 15) is 22.4 Å². The first-order valence-corrected chi connectivity index (χ1v) is 13.6. The van der Waals surface area contributed by atoms with Crippen LogP contribution >= 0.6 is 11.6 Å². The molecule has 0 amide bonds. The van der Waals surface area contributed by atoms with Crippen molar-refractivity contribution in [2.24, 2.45) is 0 Å². The monoisotopic (exact) mass is 571 g/mol. The summed E-state index contributed by atoms with van der Waals surface area (Å²) in [5, 5.41) is -0.635. The fourth-order valence-corrected chi connectivity index (χ4v) is 6.01. The van der Waals surface area contributed by atoms with Crippen LogP contribution in [0.2, 0.25) is 5.02 Å². The molecule has 0 spiro atoms. The van der Waals surface area contributed by atoms with Gasteiger partial charge in [0.2, 0.25) is 0 Å². The Morgan fingerprint density at radius 1 is 1.00 bits per heavy atom. The molecule has 4 nitrogen and oxygen atoms in total. The van der Waals surface area contributed by atoms with Gasteiger partial charge >= 0.3 is 12.1 Å². The van der Waals surface area contributed by atoms with Crippen molar-refractivity contribution >= 4 is 17.6 Å². The molecule has 2 bridgehead atoms. The second kappa shape index (κ2) is 10.2. The minimum atomic E-state index is -4.68. The quantitative estimate of drug-likeness (QED) is 0.260. The van der Waals surface area contributed by atoms with Gasteiger partial charge in [-0.15, -0.1) is 0 Å². The standard InChI is InChI=1S/C29H31ClF5NO3/c1-28(2,3)39-27(37)22-13-21(15-4-5-15)16(8-24(22)31)14-36-18-6-7-19(36)12-20(11-18)38-25-10-17(29(33,34)35)9-23(30)26(25)32/h8-10,13,15,18-20H,4-7,11-12,14H2,1-3H3. The summed E-state index contributed by atoms with van der Waals surface area (Å²) in [6, 6.07) is 4.40. The molecule has 2 unspecified atom stereocenters. The molecule has 2 atom stereocenters. The van der Waals surface area contributed by atoms with Gasteiger partial charge in [-0.1, -0.05) is 11.6 Å². The van der Waals surface area contributed by atoms with Gasteiger partial charge in [0.1, 0.15) is 17.5 Å². The summed E-state index contributed by atoms with van der Waals surface area (Å²) in [4.78, 5) is 14.9. The lowest BCUT2D eigenvalue weighted by atomic mass is 9.95. The SMILES string of the molecule is CC(C)(C)OC(=O)c1cc(C2CC2)c(CN2C3CCC2CC(Oc2cc(C(F)(F)F)cc(Cl)c2F)C3)cc1F. The number of hydrogen-bond donors (Lipinski definition) is 0. The van der Waals surface area contributed by atoms with E-state index in [-0.39, 0.29) is 23.6 Å². The van der Waals surface area contributed by atoms with Crippen LogP contribution in [0, 0.1) is 11.6 Å². The molecule has 10 heteroatoms. The van der Waals surface area contributed by atoms with E-state index in [1.54, 1.807) is 26.8 Å². The molecule has 2 aromatic carbocycles. The Kier molecular flexibility index (Phi) is 7.38. The Bertz CT molecular complexity index is 1260. The Labute approximate surface area is 229 Å². The summed E-state index contributed by atoms with van der Waals surface area (Å²) in [6.45, 7) is 5.69. The lowest BCUT2D eigenvalue weighted by molar-refractivity contribution is -0.137. The third-order valence-electron chi connectivity index (χ3n) is 7.67. The molecule has 0 aromatic heterocycles. The van der Waals surface area contributed by atoms with Gasteiger partial charge in [-0.2, -0.15) is 13.2 Å². The molecule has 2 saturated heterocycles. The van der Waals surface area contributed by atoms with Gasteiger partial charge in [0.25, 0.3) is 0 Å². The van der Waals surface area contributed by atoms with E-state index in [0.717, 1.165) is 36.8 Å². The van der Waals surface area contributed by atoms with E-state index in [1.807, 2.05) is 0 Å². The van der Waals surface area contributed by atoms with Crippen molar-refractivity contribution in [3.8, 4) is 5.75 Å². The number of benzene rings is 2. The summed E-state index contributed by atoms with van der Waals surface area (Å²) in [5.74, 6) is -2.54. The van der Waals surface area contributed by atoms with Crippen molar-refractivity contribution in [1.82, 2.24) is 4.90 Å². The number of hydrogen-bond acceptors (Lipinski definition) is 4. The zero-order valence-corrected chi connectivity index (χ0v) is 22.8. The van der Waals surface area contributed by atoms with Crippen LogP contribution in [0.5, 0.6) is 5.75 Å². The molecule has 212 valence electrons. The number of alkyl halides is 3. The number of esters is 1. The summed E-state index contributed by atoms with van der Waals surface area (Å²) < 4.78 is 80.5. The largest absolute Gasteiger partial charge is 0.487 e. The van der Waals surface area contributed by atoms with Crippen molar-refractivity contribution in [2.75, 3.05) is 0 Å². The van der Waals surface area contributed by atoms with E-state index in [2.05, 4.69) is 4.90 Å². The van der Waals surface area contributed by atoms with Gasteiger partial charge in [0, 0.05) is 18.6 Å². The Morgan fingerprint density at radius 3 is 2.21 bits per heavy atom. The smallest absolute Gasteiger partial charge is 0.416 e. The molecule has 3 aliphatic rings. The topological polar surface area (TPSA) is 38.8 Å². The first-order chi connectivity index (χ1) is 18.2. The molecule has 2 heterocycles. The second-order valence-corrected chi connectivity index (χ2v) is 12.3. The normalized spacial score (nSPS) is 23.7. The molecule has 5 rings (SSSR count). The van der Waals surface area contributed by atoms with Gasteiger partial charge in [0.15, 0.2) is 11.6 Å². The maximum Gasteiger partial charge on any atom is 0.416 e. The third kappa shape index (κ3) is 6.19.